The van der Waals surface area contributed by atoms with E-state index in [1.807, 2.05) is 61.5 Å². The van der Waals surface area contributed by atoms with Gasteiger partial charge in [0.15, 0.2) is 12.0 Å². The first-order chi connectivity index (χ1) is 11.2. The normalized spacial score (nSPS) is 11.0. The highest BCUT2D eigenvalue weighted by molar-refractivity contribution is 5.82. The Labute approximate surface area is 135 Å². The summed E-state index contributed by atoms with van der Waals surface area (Å²) in [4.78, 5) is 11.3. The zero-order valence-corrected chi connectivity index (χ0v) is 13.1. The van der Waals surface area contributed by atoms with Gasteiger partial charge in [0.25, 0.3) is 0 Å². The first-order valence-corrected chi connectivity index (χ1v) is 7.41. The van der Waals surface area contributed by atoms with Gasteiger partial charge in [-0.2, -0.15) is 0 Å². The number of benzene rings is 2. The van der Waals surface area contributed by atoms with Crippen molar-refractivity contribution in [1.82, 2.24) is 15.0 Å². The fourth-order valence-corrected chi connectivity index (χ4v) is 2.42. The van der Waals surface area contributed by atoms with Crippen LogP contribution in [0.25, 0.3) is 17.8 Å². The van der Waals surface area contributed by atoms with Crippen molar-refractivity contribution in [3.63, 3.8) is 0 Å². The molecule has 4 heteroatoms. The molecule has 0 bridgehead atoms. The number of carbonyl (C=O) groups is 1. The van der Waals surface area contributed by atoms with E-state index in [1.165, 1.54) is 5.56 Å². The highest BCUT2D eigenvalue weighted by Gasteiger charge is 2.13. The molecule has 1 heterocycles. The molecule has 0 saturated heterocycles. The van der Waals surface area contributed by atoms with Gasteiger partial charge in [-0.15, -0.1) is 5.10 Å². The second-order valence-corrected chi connectivity index (χ2v) is 5.35. The van der Waals surface area contributed by atoms with Crippen LogP contribution in [-0.4, -0.2) is 21.3 Å². The van der Waals surface area contributed by atoms with Gasteiger partial charge in [0.1, 0.15) is 0 Å². The van der Waals surface area contributed by atoms with Gasteiger partial charge in [-0.05, 0) is 42.7 Å². The Morgan fingerprint density at radius 2 is 1.74 bits per heavy atom. The quantitative estimate of drug-likeness (QED) is 0.687. The molecule has 0 amide bonds. The molecule has 0 atom stereocenters. The summed E-state index contributed by atoms with van der Waals surface area (Å²) in [5, 5.41) is 8.14. The van der Waals surface area contributed by atoms with Crippen molar-refractivity contribution in [3.8, 4) is 5.69 Å². The van der Waals surface area contributed by atoms with E-state index in [-0.39, 0.29) is 0 Å². The third-order valence-corrected chi connectivity index (χ3v) is 3.88. The van der Waals surface area contributed by atoms with Gasteiger partial charge in [0.2, 0.25) is 0 Å². The summed E-state index contributed by atoms with van der Waals surface area (Å²) in [6.45, 7) is 4.09. The third-order valence-electron chi connectivity index (χ3n) is 3.88. The van der Waals surface area contributed by atoms with E-state index in [0.717, 1.165) is 23.1 Å². The van der Waals surface area contributed by atoms with Gasteiger partial charge in [-0.3, -0.25) is 4.79 Å². The lowest BCUT2D eigenvalue weighted by Gasteiger charge is -2.09. The molecule has 0 aliphatic carbocycles. The second-order valence-electron chi connectivity index (χ2n) is 5.35. The number of hydrogen-bond acceptors (Lipinski definition) is 3. The Balaban J connectivity index is 2.09. The lowest BCUT2D eigenvalue weighted by Crippen LogP contribution is -2.03. The number of hydrogen-bond donors (Lipinski definition) is 0. The molecule has 3 aromatic rings. The van der Waals surface area contributed by atoms with Crippen molar-refractivity contribution in [2.75, 3.05) is 0 Å². The molecule has 23 heavy (non-hydrogen) atoms. The van der Waals surface area contributed by atoms with Crippen molar-refractivity contribution in [3.05, 3.63) is 76.6 Å². The molecule has 0 radical (unpaired) electrons. The Kier molecular flexibility index (Phi) is 4.15. The second kappa shape index (κ2) is 6.40. The van der Waals surface area contributed by atoms with E-state index in [4.69, 9.17) is 0 Å². The largest absolute Gasteiger partial charge is 0.296 e. The lowest BCUT2D eigenvalue weighted by molar-refractivity contribution is 0.111. The zero-order valence-electron chi connectivity index (χ0n) is 13.1. The van der Waals surface area contributed by atoms with Gasteiger partial charge in [-0.25, -0.2) is 4.68 Å². The summed E-state index contributed by atoms with van der Waals surface area (Å²) in [7, 11) is 0. The van der Waals surface area contributed by atoms with Crippen molar-refractivity contribution >= 4 is 18.4 Å². The minimum absolute atomic E-state index is 0.332. The van der Waals surface area contributed by atoms with Gasteiger partial charge in [0.05, 0.1) is 11.4 Å². The van der Waals surface area contributed by atoms with E-state index in [2.05, 4.69) is 23.3 Å². The molecule has 0 aliphatic heterocycles. The monoisotopic (exact) mass is 303 g/mol. The highest BCUT2D eigenvalue weighted by Crippen LogP contribution is 2.20. The topological polar surface area (TPSA) is 47.8 Å². The summed E-state index contributed by atoms with van der Waals surface area (Å²) < 4.78 is 1.71. The first-order valence-electron chi connectivity index (χ1n) is 7.41. The van der Waals surface area contributed by atoms with E-state index < -0.39 is 0 Å². The maximum absolute atomic E-state index is 11.3. The Morgan fingerprint density at radius 3 is 2.48 bits per heavy atom. The minimum atomic E-state index is 0.332. The van der Waals surface area contributed by atoms with Crippen LogP contribution in [0, 0.1) is 13.8 Å². The third kappa shape index (κ3) is 2.97. The van der Waals surface area contributed by atoms with Crippen LogP contribution in [0.15, 0.2) is 48.5 Å². The predicted octanol–water partition coefficient (Wildman–Crippen LogP) is 3.87. The smallest absolute Gasteiger partial charge is 0.172 e. The van der Waals surface area contributed by atoms with Crippen LogP contribution in [0.1, 0.15) is 32.9 Å². The molecule has 4 nitrogen and oxygen atoms in total. The fraction of sp³-hybridized carbons (Fsp3) is 0.105. The zero-order chi connectivity index (χ0) is 16.2. The van der Waals surface area contributed by atoms with Crippen LogP contribution >= 0.6 is 0 Å². The van der Waals surface area contributed by atoms with Crippen LogP contribution in [0.5, 0.6) is 0 Å². The van der Waals surface area contributed by atoms with Crippen LogP contribution in [0.2, 0.25) is 0 Å². The molecule has 114 valence electrons. The van der Waals surface area contributed by atoms with Gasteiger partial charge in [-0.1, -0.05) is 53.8 Å². The van der Waals surface area contributed by atoms with Gasteiger partial charge < -0.3 is 0 Å². The molecule has 2 aromatic carbocycles. The molecule has 3 rings (SSSR count). The summed E-state index contributed by atoms with van der Waals surface area (Å²) in [6, 6.07) is 15.9. The lowest BCUT2D eigenvalue weighted by atomic mass is 10.1. The van der Waals surface area contributed by atoms with Gasteiger partial charge >= 0.3 is 0 Å². The SMILES string of the molecule is Cc1cccc(-n2nnc(C=O)c2/C=C/c2ccccc2)c1C. The average molecular weight is 303 g/mol. The van der Waals surface area contributed by atoms with E-state index in [9.17, 15) is 4.79 Å². The molecule has 0 N–H and O–H groups in total. The highest BCUT2D eigenvalue weighted by atomic mass is 16.1. The molecular formula is C19H17N3O. The Bertz CT molecular complexity index is 864. The first kappa shape index (κ1) is 14.9. The average Bonchev–Trinajstić information content (AvgIpc) is 2.99. The standard InChI is InChI=1S/C19H17N3O/c1-14-7-6-10-18(15(14)2)22-19(17(13-23)20-21-22)12-11-16-8-4-3-5-9-16/h3-13H,1-2H3/b12-11+. The number of rotatable bonds is 4. The molecular weight excluding hydrogens is 286 g/mol. The van der Waals surface area contributed by atoms with Crippen LogP contribution in [-0.2, 0) is 0 Å². The molecule has 0 spiro atoms. The van der Waals surface area contributed by atoms with Crippen molar-refractivity contribution in [1.29, 1.82) is 0 Å². The molecule has 1 aromatic heterocycles. The van der Waals surface area contributed by atoms with E-state index in [1.54, 1.807) is 4.68 Å². The van der Waals surface area contributed by atoms with Crippen LogP contribution in [0.4, 0.5) is 0 Å². The van der Waals surface area contributed by atoms with Crippen molar-refractivity contribution in [2.45, 2.75) is 13.8 Å². The van der Waals surface area contributed by atoms with E-state index in [0.29, 0.717) is 11.4 Å². The van der Waals surface area contributed by atoms with Crippen LogP contribution < -0.4 is 0 Å². The number of aromatic nitrogens is 3. The Morgan fingerprint density at radius 1 is 0.957 bits per heavy atom. The van der Waals surface area contributed by atoms with Gasteiger partial charge in [0, 0.05) is 0 Å². The predicted molar refractivity (Wildman–Crippen MR) is 91.6 cm³/mol. The minimum Gasteiger partial charge on any atom is -0.296 e. The van der Waals surface area contributed by atoms with Crippen molar-refractivity contribution < 1.29 is 4.79 Å². The summed E-state index contributed by atoms with van der Waals surface area (Å²) >= 11 is 0. The molecule has 0 saturated carbocycles. The number of aryl methyl sites for hydroxylation is 1. The van der Waals surface area contributed by atoms with Crippen molar-refractivity contribution in [2.24, 2.45) is 0 Å². The number of carbonyl (C=O) groups excluding carboxylic acids is 1. The fourth-order valence-electron chi connectivity index (χ4n) is 2.42. The summed E-state index contributed by atoms with van der Waals surface area (Å²) in [6.07, 6.45) is 4.56. The maximum Gasteiger partial charge on any atom is 0.172 e. The number of nitrogens with zero attached hydrogens (tertiary/aromatic N) is 3. The van der Waals surface area contributed by atoms with Crippen LogP contribution in [0.3, 0.4) is 0 Å². The molecule has 0 unspecified atom stereocenters. The maximum atomic E-state index is 11.3. The van der Waals surface area contributed by atoms with E-state index >= 15 is 0 Å². The summed E-state index contributed by atoms with van der Waals surface area (Å²) in [5.41, 5.74) is 5.28. The Hall–Kier alpha value is -3.01. The molecule has 0 fully saturated rings. The summed E-state index contributed by atoms with van der Waals surface area (Å²) in [5.74, 6) is 0. The number of aldehydes is 1. The molecule has 0 aliphatic rings.